The molecule has 0 radical (unpaired) electrons. The topological polar surface area (TPSA) is 61.8 Å². The van der Waals surface area contributed by atoms with Gasteiger partial charge >= 0.3 is 0 Å². The predicted octanol–water partition coefficient (Wildman–Crippen LogP) is 0.769. The van der Waals surface area contributed by atoms with Crippen LogP contribution in [0.5, 0.6) is 0 Å². The van der Waals surface area contributed by atoms with Crippen LogP contribution in [0.2, 0.25) is 0 Å². The molecule has 1 saturated heterocycles. The smallest absolute Gasteiger partial charge is 0.191 e. The SMILES string of the molecule is C=CCNC(=NC)NCc1cccnc1N1CCOCC1. The first kappa shape index (κ1) is 15.3. The van der Waals surface area contributed by atoms with Crippen molar-refractivity contribution in [2.75, 3.05) is 44.8 Å². The molecule has 2 rings (SSSR count). The Kier molecular flexibility index (Phi) is 6.02. The highest BCUT2D eigenvalue weighted by atomic mass is 16.5. The second-order valence-electron chi connectivity index (χ2n) is 4.68. The summed E-state index contributed by atoms with van der Waals surface area (Å²) < 4.78 is 5.40. The van der Waals surface area contributed by atoms with E-state index < -0.39 is 0 Å². The Morgan fingerprint density at radius 3 is 3.00 bits per heavy atom. The third-order valence-corrected chi connectivity index (χ3v) is 3.26. The van der Waals surface area contributed by atoms with E-state index in [9.17, 15) is 0 Å². The zero-order valence-electron chi connectivity index (χ0n) is 12.5. The summed E-state index contributed by atoms with van der Waals surface area (Å²) in [5.41, 5.74) is 1.15. The molecular formula is C15H23N5O. The van der Waals surface area contributed by atoms with Gasteiger partial charge in [0, 0.05) is 45.0 Å². The number of morpholine rings is 1. The van der Waals surface area contributed by atoms with Gasteiger partial charge < -0.3 is 20.3 Å². The van der Waals surface area contributed by atoms with Crippen molar-refractivity contribution >= 4 is 11.8 Å². The molecule has 0 aromatic carbocycles. The van der Waals surface area contributed by atoms with Crippen molar-refractivity contribution in [2.45, 2.75) is 6.54 Å². The fourth-order valence-electron chi connectivity index (χ4n) is 2.20. The number of aromatic nitrogens is 1. The molecule has 1 aliphatic heterocycles. The standard InChI is InChI=1S/C15H23N5O/c1-3-6-18-15(16-2)19-12-13-5-4-7-17-14(13)20-8-10-21-11-9-20/h3-5,7H,1,6,8-12H2,2H3,(H2,16,18,19). The summed E-state index contributed by atoms with van der Waals surface area (Å²) in [4.78, 5) is 11.0. The molecule has 114 valence electrons. The van der Waals surface area contributed by atoms with Crippen LogP contribution in [0, 0.1) is 0 Å². The molecule has 1 aromatic rings. The van der Waals surface area contributed by atoms with Crippen LogP contribution in [0.15, 0.2) is 36.0 Å². The third kappa shape index (κ3) is 4.46. The van der Waals surface area contributed by atoms with Crippen molar-refractivity contribution in [1.29, 1.82) is 0 Å². The molecule has 0 saturated carbocycles. The van der Waals surface area contributed by atoms with Crippen molar-refractivity contribution in [2.24, 2.45) is 4.99 Å². The van der Waals surface area contributed by atoms with Gasteiger partial charge in [0.25, 0.3) is 0 Å². The molecule has 0 bridgehead atoms. The van der Waals surface area contributed by atoms with Crippen molar-refractivity contribution in [3.05, 3.63) is 36.5 Å². The van der Waals surface area contributed by atoms with E-state index in [1.165, 1.54) is 0 Å². The van der Waals surface area contributed by atoms with Crippen LogP contribution in [0.1, 0.15) is 5.56 Å². The molecule has 21 heavy (non-hydrogen) atoms. The lowest BCUT2D eigenvalue weighted by molar-refractivity contribution is 0.122. The van der Waals surface area contributed by atoms with Gasteiger partial charge in [-0.15, -0.1) is 6.58 Å². The molecule has 1 fully saturated rings. The van der Waals surface area contributed by atoms with E-state index in [1.54, 1.807) is 13.1 Å². The number of anilines is 1. The van der Waals surface area contributed by atoms with E-state index in [2.05, 4.69) is 38.2 Å². The van der Waals surface area contributed by atoms with Gasteiger partial charge in [0.1, 0.15) is 5.82 Å². The molecule has 6 heteroatoms. The number of guanidine groups is 1. The zero-order chi connectivity index (χ0) is 14.9. The summed E-state index contributed by atoms with van der Waals surface area (Å²) >= 11 is 0. The maximum Gasteiger partial charge on any atom is 0.191 e. The van der Waals surface area contributed by atoms with Crippen LogP contribution in [-0.4, -0.2) is 50.8 Å². The van der Waals surface area contributed by atoms with Crippen molar-refractivity contribution in [1.82, 2.24) is 15.6 Å². The lowest BCUT2D eigenvalue weighted by Gasteiger charge is -2.29. The second-order valence-corrected chi connectivity index (χ2v) is 4.68. The van der Waals surface area contributed by atoms with E-state index in [0.29, 0.717) is 13.1 Å². The maximum atomic E-state index is 5.40. The summed E-state index contributed by atoms with van der Waals surface area (Å²) in [5, 5.41) is 6.45. The van der Waals surface area contributed by atoms with Gasteiger partial charge in [-0.3, -0.25) is 4.99 Å². The van der Waals surface area contributed by atoms with E-state index in [0.717, 1.165) is 43.6 Å². The highest BCUT2D eigenvalue weighted by Gasteiger charge is 2.15. The summed E-state index contributed by atoms with van der Waals surface area (Å²) in [6, 6.07) is 4.05. The molecule has 2 heterocycles. The minimum absolute atomic E-state index is 0.678. The summed E-state index contributed by atoms with van der Waals surface area (Å²) in [5.74, 6) is 1.78. The first-order chi connectivity index (χ1) is 10.3. The van der Waals surface area contributed by atoms with E-state index >= 15 is 0 Å². The van der Waals surface area contributed by atoms with Gasteiger partial charge in [0.05, 0.1) is 13.2 Å². The number of aliphatic imine (C=N–C) groups is 1. The Bertz CT molecular complexity index is 483. The average Bonchev–Trinajstić information content (AvgIpc) is 2.56. The van der Waals surface area contributed by atoms with Crippen LogP contribution in [0.25, 0.3) is 0 Å². The predicted molar refractivity (Wildman–Crippen MR) is 85.7 cm³/mol. The normalized spacial score (nSPS) is 15.7. The zero-order valence-corrected chi connectivity index (χ0v) is 12.5. The van der Waals surface area contributed by atoms with Crippen molar-refractivity contribution in [3.8, 4) is 0 Å². The first-order valence-electron chi connectivity index (χ1n) is 7.17. The van der Waals surface area contributed by atoms with E-state index in [1.807, 2.05) is 12.3 Å². The molecule has 0 aliphatic carbocycles. The molecule has 1 aromatic heterocycles. The minimum Gasteiger partial charge on any atom is -0.378 e. The average molecular weight is 289 g/mol. The Balaban J connectivity index is 2.00. The number of rotatable bonds is 5. The summed E-state index contributed by atoms with van der Waals surface area (Å²) in [6.07, 6.45) is 3.63. The molecule has 0 unspecified atom stereocenters. The van der Waals surface area contributed by atoms with Gasteiger partial charge in [-0.25, -0.2) is 4.98 Å². The molecule has 0 amide bonds. The van der Waals surface area contributed by atoms with Gasteiger partial charge in [-0.05, 0) is 6.07 Å². The Morgan fingerprint density at radius 2 is 2.29 bits per heavy atom. The minimum atomic E-state index is 0.678. The lowest BCUT2D eigenvalue weighted by atomic mass is 10.2. The third-order valence-electron chi connectivity index (χ3n) is 3.26. The number of hydrogen-bond acceptors (Lipinski definition) is 4. The first-order valence-corrected chi connectivity index (χ1v) is 7.17. The van der Waals surface area contributed by atoms with Crippen molar-refractivity contribution in [3.63, 3.8) is 0 Å². The monoisotopic (exact) mass is 289 g/mol. The van der Waals surface area contributed by atoms with Crippen LogP contribution >= 0.6 is 0 Å². The van der Waals surface area contributed by atoms with E-state index in [-0.39, 0.29) is 0 Å². The van der Waals surface area contributed by atoms with Gasteiger partial charge in [-0.1, -0.05) is 12.1 Å². The van der Waals surface area contributed by atoms with Crippen LogP contribution < -0.4 is 15.5 Å². The molecule has 0 atom stereocenters. The fraction of sp³-hybridized carbons (Fsp3) is 0.467. The fourth-order valence-corrected chi connectivity index (χ4v) is 2.20. The maximum absolute atomic E-state index is 5.40. The number of ether oxygens (including phenoxy) is 1. The molecule has 0 spiro atoms. The van der Waals surface area contributed by atoms with Crippen molar-refractivity contribution < 1.29 is 4.74 Å². The molecule has 1 aliphatic rings. The number of nitrogens with zero attached hydrogens (tertiary/aromatic N) is 3. The quantitative estimate of drug-likeness (QED) is 0.476. The number of pyridine rings is 1. The Morgan fingerprint density at radius 1 is 1.48 bits per heavy atom. The number of nitrogens with one attached hydrogen (secondary N) is 2. The molecule has 2 N–H and O–H groups in total. The van der Waals surface area contributed by atoms with Gasteiger partial charge in [0.2, 0.25) is 0 Å². The van der Waals surface area contributed by atoms with E-state index in [4.69, 9.17) is 4.74 Å². The Hall–Kier alpha value is -2.08. The molecular weight excluding hydrogens is 266 g/mol. The van der Waals surface area contributed by atoms with Crippen LogP contribution in [0.4, 0.5) is 5.82 Å². The Labute approximate surface area is 125 Å². The highest BCUT2D eigenvalue weighted by molar-refractivity contribution is 5.79. The van der Waals surface area contributed by atoms with Gasteiger partial charge in [-0.2, -0.15) is 0 Å². The van der Waals surface area contributed by atoms with Crippen LogP contribution in [0.3, 0.4) is 0 Å². The lowest BCUT2D eigenvalue weighted by Crippen LogP contribution is -2.39. The summed E-state index contributed by atoms with van der Waals surface area (Å²) in [7, 11) is 1.75. The second kappa shape index (κ2) is 8.26. The molecule has 6 nitrogen and oxygen atoms in total. The highest BCUT2D eigenvalue weighted by Crippen LogP contribution is 2.18. The number of hydrogen-bond donors (Lipinski definition) is 2. The summed E-state index contributed by atoms with van der Waals surface area (Å²) in [6.45, 7) is 8.32. The largest absolute Gasteiger partial charge is 0.378 e. The van der Waals surface area contributed by atoms with Crippen LogP contribution in [-0.2, 0) is 11.3 Å². The van der Waals surface area contributed by atoms with Gasteiger partial charge in [0.15, 0.2) is 5.96 Å².